The molecule has 0 radical (unpaired) electrons. The molecule has 11 heteroatoms. The van der Waals surface area contributed by atoms with Gasteiger partial charge in [0, 0.05) is 25.4 Å². The first-order chi connectivity index (χ1) is 13.2. The number of carbonyl (C=O) groups excluding carboxylic acids is 1. The second-order valence-corrected chi connectivity index (χ2v) is 6.47. The summed E-state index contributed by atoms with van der Waals surface area (Å²) in [5.41, 5.74) is 0.856. The van der Waals surface area contributed by atoms with Gasteiger partial charge in [-0.25, -0.2) is 19.3 Å². The van der Waals surface area contributed by atoms with Crippen LogP contribution in [0.25, 0.3) is 0 Å². The molecule has 2 atom stereocenters. The molecule has 1 amide bonds. The Labute approximate surface area is 158 Å². The molecule has 3 rings (SSSR count). The van der Waals surface area contributed by atoms with E-state index in [1.54, 1.807) is 12.3 Å². The molecule has 0 fully saturated rings. The van der Waals surface area contributed by atoms with Gasteiger partial charge in [0.15, 0.2) is 11.6 Å². The van der Waals surface area contributed by atoms with E-state index in [0.29, 0.717) is 23.1 Å². The number of hydrogen-bond acceptors (Lipinski definition) is 6. The zero-order valence-corrected chi connectivity index (χ0v) is 15.1. The number of rotatable bonds is 5. The van der Waals surface area contributed by atoms with Crippen molar-refractivity contribution in [2.45, 2.75) is 25.1 Å². The Bertz CT molecular complexity index is 875. The first kappa shape index (κ1) is 19.8. The highest BCUT2D eigenvalue weighted by Crippen LogP contribution is 2.33. The summed E-state index contributed by atoms with van der Waals surface area (Å²) in [6.07, 6.45) is -1.92. The lowest BCUT2D eigenvalue weighted by atomic mass is 10.0. The third kappa shape index (κ3) is 4.29. The summed E-state index contributed by atoms with van der Waals surface area (Å²) in [7, 11) is 1.03. The van der Waals surface area contributed by atoms with Crippen molar-refractivity contribution in [1.82, 2.24) is 19.9 Å². The van der Waals surface area contributed by atoms with Crippen LogP contribution in [-0.4, -0.2) is 58.1 Å². The summed E-state index contributed by atoms with van der Waals surface area (Å²) in [6.45, 7) is 0.417. The molecule has 7 nitrogen and oxygen atoms in total. The first-order valence-corrected chi connectivity index (χ1v) is 8.45. The summed E-state index contributed by atoms with van der Waals surface area (Å²) in [4.78, 5) is 25.0. The van der Waals surface area contributed by atoms with Crippen LogP contribution in [0.1, 0.15) is 24.2 Å². The second kappa shape index (κ2) is 7.56. The molecular weight excluding hydrogens is 380 g/mol. The minimum absolute atomic E-state index is 0.247. The number of carbonyl (C=O) groups is 1. The number of hydrogen-bond donors (Lipinski definition) is 2. The number of alkyl halides is 3. The normalized spacial score (nSPS) is 16.9. The predicted octanol–water partition coefficient (Wildman–Crippen LogP) is 2.39. The Hall–Kier alpha value is -2.98. The Morgan fingerprint density at radius 3 is 2.89 bits per heavy atom. The van der Waals surface area contributed by atoms with E-state index in [9.17, 15) is 22.4 Å². The van der Waals surface area contributed by atoms with E-state index < -0.39 is 30.5 Å². The molecule has 0 saturated carbocycles. The van der Waals surface area contributed by atoms with E-state index in [2.05, 4.69) is 25.6 Å². The lowest BCUT2D eigenvalue weighted by Gasteiger charge is -2.23. The fourth-order valence-corrected chi connectivity index (χ4v) is 2.98. The molecule has 150 valence electrons. The molecule has 1 aliphatic rings. The van der Waals surface area contributed by atoms with Crippen molar-refractivity contribution in [3.63, 3.8) is 0 Å². The Balaban J connectivity index is 1.76. The molecule has 1 unspecified atom stereocenters. The quantitative estimate of drug-likeness (QED) is 0.753. The van der Waals surface area contributed by atoms with Crippen LogP contribution in [0.2, 0.25) is 0 Å². The zero-order valence-electron chi connectivity index (χ0n) is 15.1. The summed E-state index contributed by atoms with van der Waals surface area (Å²) < 4.78 is 51.5. The van der Waals surface area contributed by atoms with Crippen molar-refractivity contribution in [2.75, 3.05) is 30.8 Å². The summed E-state index contributed by atoms with van der Waals surface area (Å²) in [5, 5.41) is 5.65. The molecule has 0 aliphatic carbocycles. The third-order valence-corrected chi connectivity index (χ3v) is 4.28. The van der Waals surface area contributed by atoms with Gasteiger partial charge < -0.3 is 15.5 Å². The minimum atomic E-state index is -4.52. The highest BCUT2D eigenvalue weighted by molar-refractivity contribution is 5.83. The highest BCUT2D eigenvalue weighted by atomic mass is 19.4. The van der Waals surface area contributed by atoms with Crippen LogP contribution in [0.5, 0.6) is 0 Å². The van der Waals surface area contributed by atoms with Gasteiger partial charge in [0.25, 0.3) is 0 Å². The number of fused-ring (bicyclic) bond motifs is 1. The van der Waals surface area contributed by atoms with Gasteiger partial charge in [-0.05, 0) is 13.0 Å². The van der Waals surface area contributed by atoms with Crippen molar-refractivity contribution in [2.24, 2.45) is 0 Å². The van der Waals surface area contributed by atoms with Gasteiger partial charge in [0.05, 0.1) is 12.1 Å². The molecule has 0 spiro atoms. The molecule has 0 aromatic carbocycles. The topological polar surface area (TPSA) is 83.0 Å². The predicted molar refractivity (Wildman–Crippen MR) is 93.3 cm³/mol. The molecule has 0 bridgehead atoms. The highest BCUT2D eigenvalue weighted by Gasteiger charge is 2.33. The number of likely N-dealkylation sites (N-methyl/N-ethyl adjacent to an activating group) is 1. The molecular formula is C17H18F4N6O. The minimum Gasteiger partial charge on any atom is -0.369 e. The SMILES string of the molecule is C[C@@H](Nc1nc(C2CNc3ncccc32)ncc1F)C(=O)N(C)CC(F)(F)F. The maximum atomic E-state index is 14.1. The number of nitrogens with zero attached hydrogens (tertiary/aromatic N) is 4. The Kier molecular flexibility index (Phi) is 5.34. The molecule has 3 heterocycles. The number of pyridine rings is 1. The van der Waals surface area contributed by atoms with Gasteiger partial charge in [0.1, 0.15) is 24.2 Å². The monoisotopic (exact) mass is 398 g/mol. The zero-order chi connectivity index (χ0) is 20.5. The Morgan fingerprint density at radius 2 is 2.18 bits per heavy atom. The van der Waals surface area contributed by atoms with E-state index in [1.165, 1.54) is 6.92 Å². The standard InChI is InChI=1S/C17H18F4N6O/c1-9(16(28)27(2)8-17(19,20)21)25-15-12(18)7-24-14(26-15)11-6-23-13-10(11)4-3-5-22-13/h3-5,7,9,11H,6,8H2,1-2H3,(H,22,23)(H,24,25,26)/t9-,11?/m1/s1. The summed E-state index contributed by atoms with van der Waals surface area (Å²) >= 11 is 0. The smallest absolute Gasteiger partial charge is 0.369 e. The van der Waals surface area contributed by atoms with Crippen molar-refractivity contribution >= 4 is 17.5 Å². The van der Waals surface area contributed by atoms with Gasteiger partial charge in [-0.3, -0.25) is 4.79 Å². The number of halogens is 4. The van der Waals surface area contributed by atoms with Crippen LogP contribution in [-0.2, 0) is 4.79 Å². The van der Waals surface area contributed by atoms with E-state index in [4.69, 9.17) is 0 Å². The van der Waals surface area contributed by atoms with Gasteiger partial charge in [-0.1, -0.05) is 6.07 Å². The van der Waals surface area contributed by atoms with Crippen LogP contribution in [0.4, 0.5) is 29.2 Å². The van der Waals surface area contributed by atoms with E-state index in [0.717, 1.165) is 18.8 Å². The van der Waals surface area contributed by atoms with Crippen LogP contribution in [0, 0.1) is 5.82 Å². The van der Waals surface area contributed by atoms with E-state index >= 15 is 0 Å². The van der Waals surface area contributed by atoms with Crippen molar-refractivity contribution in [3.05, 3.63) is 41.7 Å². The Morgan fingerprint density at radius 1 is 1.43 bits per heavy atom. The van der Waals surface area contributed by atoms with Gasteiger partial charge >= 0.3 is 6.18 Å². The maximum Gasteiger partial charge on any atom is 0.406 e. The molecule has 0 saturated heterocycles. The number of amides is 1. The van der Waals surface area contributed by atoms with Gasteiger partial charge in [-0.2, -0.15) is 13.2 Å². The van der Waals surface area contributed by atoms with Crippen molar-refractivity contribution in [3.8, 4) is 0 Å². The molecule has 2 aromatic rings. The molecule has 2 N–H and O–H groups in total. The maximum absolute atomic E-state index is 14.1. The van der Waals surface area contributed by atoms with Crippen molar-refractivity contribution < 1.29 is 22.4 Å². The largest absolute Gasteiger partial charge is 0.406 e. The third-order valence-electron chi connectivity index (χ3n) is 4.28. The number of nitrogens with one attached hydrogen (secondary N) is 2. The van der Waals surface area contributed by atoms with Crippen LogP contribution in [0.15, 0.2) is 24.5 Å². The lowest BCUT2D eigenvalue weighted by molar-refractivity contribution is -0.158. The van der Waals surface area contributed by atoms with Gasteiger partial charge in [0.2, 0.25) is 5.91 Å². The molecule has 2 aromatic heterocycles. The van der Waals surface area contributed by atoms with Crippen LogP contribution in [0.3, 0.4) is 0 Å². The van der Waals surface area contributed by atoms with Crippen molar-refractivity contribution in [1.29, 1.82) is 0 Å². The molecule has 1 aliphatic heterocycles. The first-order valence-electron chi connectivity index (χ1n) is 8.45. The average Bonchev–Trinajstić information content (AvgIpc) is 3.05. The van der Waals surface area contributed by atoms with Crippen LogP contribution >= 0.6 is 0 Å². The molecule has 28 heavy (non-hydrogen) atoms. The summed E-state index contributed by atoms with van der Waals surface area (Å²) in [5.74, 6) is -1.15. The summed E-state index contributed by atoms with van der Waals surface area (Å²) in [6, 6.07) is 2.50. The van der Waals surface area contributed by atoms with E-state index in [-0.39, 0.29) is 11.7 Å². The average molecular weight is 398 g/mol. The lowest BCUT2D eigenvalue weighted by Crippen LogP contribution is -2.43. The van der Waals surface area contributed by atoms with Gasteiger partial charge in [-0.15, -0.1) is 0 Å². The number of aromatic nitrogens is 3. The van der Waals surface area contributed by atoms with Crippen LogP contribution < -0.4 is 10.6 Å². The second-order valence-electron chi connectivity index (χ2n) is 6.47. The number of anilines is 2. The fourth-order valence-electron chi connectivity index (χ4n) is 2.98. The van der Waals surface area contributed by atoms with E-state index in [1.807, 2.05) is 6.07 Å². The fraction of sp³-hybridized carbons (Fsp3) is 0.412.